The van der Waals surface area contributed by atoms with E-state index in [0.29, 0.717) is 17.0 Å². The predicted octanol–water partition coefficient (Wildman–Crippen LogP) is 4.37. The van der Waals surface area contributed by atoms with Gasteiger partial charge in [0.05, 0.1) is 5.56 Å². The summed E-state index contributed by atoms with van der Waals surface area (Å²) in [5.41, 5.74) is 2.99. The van der Waals surface area contributed by atoms with Gasteiger partial charge in [-0.2, -0.15) is 0 Å². The highest BCUT2D eigenvalue weighted by Gasteiger charge is 2.22. The Labute approximate surface area is 135 Å². The van der Waals surface area contributed by atoms with Crippen molar-refractivity contribution in [2.75, 3.05) is 0 Å². The van der Waals surface area contributed by atoms with E-state index in [9.17, 15) is 9.59 Å². The molecule has 3 nitrogen and oxygen atoms in total. The summed E-state index contributed by atoms with van der Waals surface area (Å²) in [5, 5.41) is 0.812. The zero-order chi connectivity index (χ0) is 16.6. The number of rotatable bonds is 4. The summed E-state index contributed by atoms with van der Waals surface area (Å²) in [5.74, 6) is -0.524. The molecule has 3 heteroatoms. The quantitative estimate of drug-likeness (QED) is 0.530. The van der Waals surface area contributed by atoms with Crippen molar-refractivity contribution in [3.63, 3.8) is 0 Å². The molecule has 0 unspecified atom stereocenters. The summed E-state index contributed by atoms with van der Waals surface area (Å²) in [7, 11) is 1.88. The summed E-state index contributed by atoms with van der Waals surface area (Å²) in [6, 6.07) is 14.9. The molecule has 0 atom stereocenters. The van der Waals surface area contributed by atoms with E-state index in [0.717, 1.165) is 16.5 Å². The molecule has 1 aromatic heterocycles. The second-order valence-corrected chi connectivity index (χ2v) is 6.11. The molecule has 0 amide bonds. The summed E-state index contributed by atoms with van der Waals surface area (Å²) < 4.78 is 1.87. The van der Waals surface area contributed by atoms with Gasteiger partial charge in [-0.25, -0.2) is 0 Å². The maximum Gasteiger partial charge on any atom is 0.235 e. The topological polar surface area (TPSA) is 39.1 Å². The third-order valence-corrected chi connectivity index (χ3v) is 4.19. The molecular weight excluding hydrogens is 286 g/mol. The monoisotopic (exact) mass is 305 g/mol. The van der Waals surface area contributed by atoms with Gasteiger partial charge >= 0.3 is 0 Å². The van der Waals surface area contributed by atoms with E-state index in [1.54, 1.807) is 18.3 Å². The van der Waals surface area contributed by atoms with Crippen LogP contribution in [0.25, 0.3) is 10.9 Å². The molecule has 0 saturated heterocycles. The highest BCUT2D eigenvalue weighted by atomic mass is 16.2. The average molecular weight is 305 g/mol. The van der Waals surface area contributed by atoms with E-state index >= 15 is 0 Å². The van der Waals surface area contributed by atoms with Crippen molar-refractivity contribution in [2.45, 2.75) is 19.8 Å². The average Bonchev–Trinajstić information content (AvgIpc) is 2.91. The smallest absolute Gasteiger partial charge is 0.235 e. The van der Waals surface area contributed by atoms with E-state index in [1.165, 1.54) is 0 Å². The number of benzene rings is 2. The van der Waals surface area contributed by atoms with Gasteiger partial charge in [0.25, 0.3) is 0 Å². The molecule has 0 bridgehead atoms. The number of aryl methyl sites for hydroxylation is 1. The van der Waals surface area contributed by atoms with Crippen molar-refractivity contribution in [3.8, 4) is 0 Å². The van der Waals surface area contributed by atoms with E-state index in [2.05, 4.69) is 13.8 Å². The van der Waals surface area contributed by atoms with E-state index < -0.39 is 11.6 Å². The molecule has 0 fully saturated rings. The number of hydrogen-bond donors (Lipinski definition) is 0. The first-order chi connectivity index (χ1) is 11.0. The van der Waals surface area contributed by atoms with E-state index in [4.69, 9.17) is 0 Å². The van der Waals surface area contributed by atoms with E-state index in [1.807, 2.05) is 48.0 Å². The lowest BCUT2D eigenvalue weighted by molar-refractivity contribution is 0.0818. The van der Waals surface area contributed by atoms with Gasteiger partial charge in [-0.3, -0.25) is 9.59 Å². The van der Waals surface area contributed by atoms with Crippen LogP contribution in [0.2, 0.25) is 0 Å². The fourth-order valence-corrected chi connectivity index (χ4v) is 2.80. The maximum absolute atomic E-state index is 12.6. The molecule has 2 aromatic carbocycles. The van der Waals surface area contributed by atoms with Crippen LogP contribution in [0.3, 0.4) is 0 Å². The summed E-state index contributed by atoms with van der Waals surface area (Å²) >= 11 is 0. The number of fused-ring (bicyclic) bond motifs is 1. The Morgan fingerprint density at radius 1 is 0.913 bits per heavy atom. The molecule has 1 heterocycles. The van der Waals surface area contributed by atoms with Crippen LogP contribution >= 0.6 is 0 Å². The second kappa shape index (κ2) is 5.84. The van der Waals surface area contributed by atoms with Gasteiger partial charge in [-0.1, -0.05) is 56.3 Å². The Bertz CT molecular complexity index is 886. The van der Waals surface area contributed by atoms with Crippen molar-refractivity contribution in [1.29, 1.82) is 0 Å². The Morgan fingerprint density at radius 3 is 2.22 bits per heavy atom. The van der Waals surface area contributed by atoms with Gasteiger partial charge in [0.2, 0.25) is 11.6 Å². The Kier molecular flexibility index (Phi) is 3.87. The van der Waals surface area contributed by atoms with Crippen LogP contribution in [-0.4, -0.2) is 16.1 Å². The van der Waals surface area contributed by atoms with Gasteiger partial charge < -0.3 is 4.57 Å². The minimum Gasteiger partial charge on any atom is -0.350 e. The standard InChI is InChI=1S/C20H19NO2/c1-13(2)14-8-10-15(11-9-14)19(22)20(23)17-12-21(3)18-7-5-4-6-16(17)18/h4-13H,1-3H3. The third-order valence-electron chi connectivity index (χ3n) is 4.19. The summed E-state index contributed by atoms with van der Waals surface area (Å²) in [6.07, 6.45) is 1.73. The van der Waals surface area contributed by atoms with Crippen molar-refractivity contribution in [3.05, 3.63) is 71.4 Å². The number of hydrogen-bond acceptors (Lipinski definition) is 2. The Balaban J connectivity index is 1.97. The molecule has 23 heavy (non-hydrogen) atoms. The maximum atomic E-state index is 12.6. The molecule has 3 aromatic rings. The molecule has 0 aliphatic carbocycles. The lowest BCUT2D eigenvalue weighted by atomic mass is 9.97. The van der Waals surface area contributed by atoms with Crippen molar-refractivity contribution >= 4 is 22.5 Å². The summed E-state index contributed by atoms with van der Waals surface area (Å²) in [6.45, 7) is 4.19. The fraction of sp³-hybridized carbons (Fsp3) is 0.200. The minimum atomic E-state index is -0.461. The lowest BCUT2D eigenvalue weighted by Crippen LogP contribution is -2.14. The van der Waals surface area contributed by atoms with Crippen LogP contribution < -0.4 is 0 Å². The van der Waals surface area contributed by atoms with Crippen LogP contribution in [-0.2, 0) is 7.05 Å². The SMILES string of the molecule is CC(C)c1ccc(C(=O)C(=O)c2cn(C)c3ccccc23)cc1. The first-order valence-corrected chi connectivity index (χ1v) is 7.72. The van der Waals surface area contributed by atoms with Gasteiger partial charge in [-0.15, -0.1) is 0 Å². The lowest BCUT2D eigenvalue weighted by Gasteiger charge is -2.06. The molecular formula is C20H19NO2. The van der Waals surface area contributed by atoms with Crippen LogP contribution in [0.5, 0.6) is 0 Å². The molecule has 0 saturated carbocycles. The van der Waals surface area contributed by atoms with Gasteiger partial charge in [-0.05, 0) is 17.5 Å². The second-order valence-electron chi connectivity index (χ2n) is 6.11. The van der Waals surface area contributed by atoms with Crippen molar-refractivity contribution in [2.24, 2.45) is 7.05 Å². The third kappa shape index (κ3) is 2.70. The number of aromatic nitrogens is 1. The molecule has 0 radical (unpaired) electrons. The fourth-order valence-electron chi connectivity index (χ4n) is 2.80. The van der Waals surface area contributed by atoms with Crippen LogP contribution in [0.4, 0.5) is 0 Å². The number of Topliss-reactive ketones (excluding diaryl/α,β-unsaturated/α-hetero) is 2. The van der Waals surface area contributed by atoms with E-state index in [-0.39, 0.29) is 0 Å². The number of para-hydroxylation sites is 1. The van der Waals surface area contributed by atoms with Crippen LogP contribution in [0.15, 0.2) is 54.7 Å². The number of carbonyl (C=O) groups excluding carboxylic acids is 2. The van der Waals surface area contributed by atoms with Gasteiger partial charge in [0.1, 0.15) is 0 Å². The van der Waals surface area contributed by atoms with Crippen LogP contribution in [0.1, 0.15) is 46.0 Å². The first-order valence-electron chi connectivity index (χ1n) is 7.72. The first kappa shape index (κ1) is 15.2. The molecule has 0 spiro atoms. The molecule has 0 aliphatic rings. The normalized spacial score (nSPS) is 11.1. The molecule has 0 aliphatic heterocycles. The number of nitrogens with zero attached hydrogens (tertiary/aromatic N) is 1. The molecule has 3 rings (SSSR count). The largest absolute Gasteiger partial charge is 0.350 e. The van der Waals surface area contributed by atoms with Gasteiger partial charge in [0.15, 0.2) is 0 Å². The number of carbonyl (C=O) groups is 2. The molecule has 0 N–H and O–H groups in total. The Hall–Kier alpha value is -2.68. The summed E-state index contributed by atoms with van der Waals surface area (Å²) in [4.78, 5) is 25.1. The highest BCUT2D eigenvalue weighted by molar-refractivity contribution is 6.50. The highest BCUT2D eigenvalue weighted by Crippen LogP contribution is 2.22. The number of ketones is 2. The molecule has 116 valence electrons. The predicted molar refractivity (Wildman–Crippen MR) is 92.1 cm³/mol. The van der Waals surface area contributed by atoms with Crippen LogP contribution in [0, 0.1) is 0 Å². The zero-order valence-corrected chi connectivity index (χ0v) is 13.5. The Morgan fingerprint density at radius 2 is 1.57 bits per heavy atom. The van der Waals surface area contributed by atoms with Crippen molar-refractivity contribution in [1.82, 2.24) is 4.57 Å². The van der Waals surface area contributed by atoms with Crippen molar-refractivity contribution < 1.29 is 9.59 Å². The zero-order valence-electron chi connectivity index (χ0n) is 13.5. The minimum absolute atomic E-state index is 0.396. The van der Waals surface area contributed by atoms with Gasteiger partial charge in [0, 0.05) is 29.7 Å².